The molecule has 1 aliphatic rings. The predicted molar refractivity (Wildman–Crippen MR) is 61.3 cm³/mol. The second-order valence-corrected chi connectivity index (χ2v) is 4.96. The van der Waals surface area contributed by atoms with Gasteiger partial charge in [-0.15, -0.1) is 0 Å². The summed E-state index contributed by atoms with van der Waals surface area (Å²) in [6, 6.07) is 5.69. The van der Waals surface area contributed by atoms with Gasteiger partial charge in [-0.1, -0.05) is 30.1 Å². The molecule has 1 unspecified atom stereocenters. The third-order valence-electron chi connectivity index (χ3n) is 2.95. The summed E-state index contributed by atoms with van der Waals surface area (Å²) in [6.07, 6.45) is 1.12. The van der Waals surface area contributed by atoms with Gasteiger partial charge in [0, 0.05) is 22.0 Å². The summed E-state index contributed by atoms with van der Waals surface area (Å²) in [6.45, 7) is 4.26. The van der Waals surface area contributed by atoms with Crippen LogP contribution in [0.4, 0.5) is 0 Å². The Morgan fingerprint density at radius 2 is 2.14 bits per heavy atom. The molecule has 1 heterocycles. The first-order chi connectivity index (χ1) is 6.62. The first-order valence-corrected chi connectivity index (χ1v) is 5.54. The standard InChI is InChI=1S/C11H13Cl2N/c1-11(4-5-14-7-11)9-6-8(12)2-3-10(9)13/h2-3,6,14H,4-5,7H2,1H3. The van der Waals surface area contributed by atoms with Gasteiger partial charge in [-0.3, -0.25) is 0 Å². The Balaban J connectivity index is 2.44. The van der Waals surface area contributed by atoms with E-state index in [9.17, 15) is 0 Å². The van der Waals surface area contributed by atoms with Crippen LogP contribution in [0.3, 0.4) is 0 Å². The van der Waals surface area contributed by atoms with Crippen LogP contribution < -0.4 is 5.32 Å². The molecule has 1 fully saturated rings. The highest BCUT2D eigenvalue weighted by Gasteiger charge is 2.32. The van der Waals surface area contributed by atoms with Crippen LogP contribution in [0.2, 0.25) is 10.0 Å². The summed E-state index contributed by atoms with van der Waals surface area (Å²) in [4.78, 5) is 0. The third-order valence-corrected chi connectivity index (χ3v) is 3.51. The summed E-state index contributed by atoms with van der Waals surface area (Å²) in [5.74, 6) is 0. The summed E-state index contributed by atoms with van der Waals surface area (Å²) in [5, 5.41) is 4.94. The van der Waals surface area contributed by atoms with Crippen molar-refractivity contribution in [2.24, 2.45) is 0 Å². The van der Waals surface area contributed by atoms with Crippen molar-refractivity contribution in [1.29, 1.82) is 0 Å². The van der Waals surface area contributed by atoms with Crippen LogP contribution in [0, 0.1) is 0 Å². The van der Waals surface area contributed by atoms with E-state index in [4.69, 9.17) is 23.2 Å². The maximum absolute atomic E-state index is 6.18. The van der Waals surface area contributed by atoms with E-state index < -0.39 is 0 Å². The molecule has 0 radical (unpaired) electrons. The summed E-state index contributed by atoms with van der Waals surface area (Å²) < 4.78 is 0. The second kappa shape index (κ2) is 3.73. The lowest BCUT2D eigenvalue weighted by atomic mass is 9.82. The number of rotatable bonds is 1. The van der Waals surface area contributed by atoms with E-state index in [2.05, 4.69) is 12.2 Å². The van der Waals surface area contributed by atoms with Crippen molar-refractivity contribution >= 4 is 23.2 Å². The van der Waals surface area contributed by atoms with Crippen LogP contribution in [0.25, 0.3) is 0 Å². The predicted octanol–water partition coefficient (Wildman–Crippen LogP) is 3.24. The SMILES string of the molecule is CC1(c2cc(Cl)ccc2Cl)CCNC1. The molecule has 1 aliphatic heterocycles. The number of hydrogen-bond donors (Lipinski definition) is 1. The molecule has 1 aromatic rings. The Morgan fingerprint density at radius 1 is 1.36 bits per heavy atom. The smallest absolute Gasteiger partial charge is 0.0445 e. The van der Waals surface area contributed by atoms with Gasteiger partial charge in [0.1, 0.15) is 0 Å². The van der Waals surface area contributed by atoms with Crippen molar-refractivity contribution in [3.05, 3.63) is 33.8 Å². The zero-order valence-corrected chi connectivity index (χ0v) is 9.62. The summed E-state index contributed by atoms with van der Waals surface area (Å²) >= 11 is 12.2. The minimum atomic E-state index is 0.141. The first-order valence-electron chi connectivity index (χ1n) is 4.78. The van der Waals surface area contributed by atoms with Gasteiger partial charge in [-0.25, -0.2) is 0 Å². The molecule has 0 spiro atoms. The minimum Gasteiger partial charge on any atom is -0.316 e. The summed E-state index contributed by atoms with van der Waals surface area (Å²) in [5.41, 5.74) is 1.30. The van der Waals surface area contributed by atoms with Crippen LogP contribution in [-0.4, -0.2) is 13.1 Å². The van der Waals surface area contributed by atoms with E-state index in [1.807, 2.05) is 18.2 Å². The van der Waals surface area contributed by atoms with E-state index in [-0.39, 0.29) is 5.41 Å². The van der Waals surface area contributed by atoms with Crippen LogP contribution in [0.5, 0.6) is 0 Å². The Labute approximate surface area is 94.4 Å². The highest BCUT2D eigenvalue weighted by atomic mass is 35.5. The molecule has 3 heteroatoms. The maximum Gasteiger partial charge on any atom is 0.0445 e. The van der Waals surface area contributed by atoms with Crippen LogP contribution in [-0.2, 0) is 5.41 Å². The molecule has 14 heavy (non-hydrogen) atoms. The van der Waals surface area contributed by atoms with Crippen molar-refractivity contribution in [2.75, 3.05) is 13.1 Å². The molecule has 0 aliphatic carbocycles. The molecule has 1 atom stereocenters. The third kappa shape index (κ3) is 1.77. The molecule has 1 saturated heterocycles. The number of nitrogens with one attached hydrogen (secondary N) is 1. The van der Waals surface area contributed by atoms with Gasteiger partial charge in [0.15, 0.2) is 0 Å². The molecular weight excluding hydrogens is 217 g/mol. The molecule has 1 aromatic carbocycles. The van der Waals surface area contributed by atoms with Gasteiger partial charge in [-0.05, 0) is 36.7 Å². The Hall–Kier alpha value is -0.240. The van der Waals surface area contributed by atoms with E-state index in [0.717, 1.165) is 35.1 Å². The topological polar surface area (TPSA) is 12.0 Å². The summed E-state index contributed by atoms with van der Waals surface area (Å²) in [7, 11) is 0. The molecule has 0 saturated carbocycles. The van der Waals surface area contributed by atoms with Gasteiger partial charge in [0.05, 0.1) is 0 Å². The van der Waals surface area contributed by atoms with E-state index in [1.165, 1.54) is 0 Å². The van der Waals surface area contributed by atoms with Crippen LogP contribution in [0.1, 0.15) is 18.9 Å². The Bertz CT molecular complexity index is 343. The van der Waals surface area contributed by atoms with Gasteiger partial charge in [0.2, 0.25) is 0 Å². The highest BCUT2D eigenvalue weighted by molar-refractivity contribution is 6.33. The van der Waals surface area contributed by atoms with E-state index >= 15 is 0 Å². The van der Waals surface area contributed by atoms with Crippen molar-refractivity contribution < 1.29 is 0 Å². The average molecular weight is 230 g/mol. The monoisotopic (exact) mass is 229 g/mol. The van der Waals surface area contributed by atoms with Crippen molar-refractivity contribution in [3.63, 3.8) is 0 Å². The van der Waals surface area contributed by atoms with E-state index in [1.54, 1.807) is 0 Å². The fourth-order valence-electron chi connectivity index (χ4n) is 2.01. The second-order valence-electron chi connectivity index (χ2n) is 4.11. The minimum absolute atomic E-state index is 0.141. The molecule has 0 bridgehead atoms. The number of halogens is 2. The zero-order chi connectivity index (χ0) is 10.2. The Kier molecular flexibility index (Phi) is 2.74. The van der Waals surface area contributed by atoms with Crippen LogP contribution in [0.15, 0.2) is 18.2 Å². The molecule has 0 aromatic heterocycles. The number of hydrogen-bond acceptors (Lipinski definition) is 1. The molecule has 76 valence electrons. The van der Waals surface area contributed by atoms with Crippen molar-refractivity contribution in [2.45, 2.75) is 18.8 Å². The number of benzene rings is 1. The first kappa shape index (κ1) is 10.3. The van der Waals surface area contributed by atoms with Crippen molar-refractivity contribution in [1.82, 2.24) is 5.32 Å². The van der Waals surface area contributed by atoms with E-state index in [0.29, 0.717) is 0 Å². The fourth-order valence-corrected chi connectivity index (χ4v) is 2.52. The lowest BCUT2D eigenvalue weighted by Gasteiger charge is -2.24. The van der Waals surface area contributed by atoms with Gasteiger partial charge >= 0.3 is 0 Å². The molecule has 2 rings (SSSR count). The lowest BCUT2D eigenvalue weighted by Crippen LogP contribution is -2.25. The highest BCUT2D eigenvalue weighted by Crippen LogP contribution is 2.36. The zero-order valence-electron chi connectivity index (χ0n) is 8.11. The largest absolute Gasteiger partial charge is 0.316 e. The van der Waals surface area contributed by atoms with Gasteiger partial charge in [0.25, 0.3) is 0 Å². The average Bonchev–Trinajstić information content (AvgIpc) is 2.58. The molecule has 0 amide bonds. The quantitative estimate of drug-likeness (QED) is 0.780. The Morgan fingerprint density at radius 3 is 2.79 bits per heavy atom. The van der Waals surface area contributed by atoms with Crippen molar-refractivity contribution in [3.8, 4) is 0 Å². The normalized spacial score (nSPS) is 26.8. The van der Waals surface area contributed by atoms with Gasteiger partial charge in [-0.2, -0.15) is 0 Å². The maximum atomic E-state index is 6.18. The van der Waals surface area contributed by atoms with Crippen LogP contribution >= 0.6 is 23.2 Å². The molecule has 1 N–H and O–H groups in total. The molecular formula is C11H13Cl2N. The van der Waals surface area contributed by atoms with Gasteiger partial charge < -0.3 is 5.32 Å². The molecule has 1 nitrogen and oxygen atoms in total. The fraction of sp³-hybridized carbons (Fsp3) is 0.455. The lowest BCUT2D eigenvalue weighted by molar-refractivity contribution is 0.525.